The third kappa shape index (κ3) is 6.78. The molecule has 0 spiro atoms. The van der Waals surface area contributed by atoms with Gasteiger partial charge in [-0.2, -0.15) is 0 Å². The van der Waals surface area contributed by atoms with Crippen LogP contribution in [0.5, 0.6) is 0 Å². The number of rotatable bonds is 10. The van der Waals surface area contributed by atoms with Crippen LogP contribution in [-0.4, -0.2) is 29.3 Å². The molecule has 4 heteroatoms. The number of hydrogen-bond acceptors (Lipinski definition) is 2. The standard InChI is InChI=1S/C29H46O2Si2/c1-10-11-18-25(23-24-30-32(8,9)28(2,3)4)31-33(29(5,6)7,26-19-14-12-15-20-26)27-21-16-13-17-22-27/h10-17,19-22,25H,18,23-24H2,1-9H3/b11-10-/t25-/m0/s1. The van der Waals surface area contributed by atoms with Crippen molar-refractivity contribution in [2.45, 2.75) is 90.6 Å². The first-order chi connectivity index (χ1) is 15.3. The molecule has 0 bridgehead atoms. The molecule has 2 nitrogen and oxygen atoms in total. The number of hydrogen-bond donors (Lipinski definition) is 0. The molecule has 0 aliphatic heterocycles. The molecule has 2 aromatic carbocycles. The first kappa shape index (κ1) is 27.8. The Bertz CT molecular complexity index is 822. The Balaban J connectivity index is 2.46. The Morgan fingerprint density at radius 3 is 1.67 bits per heavy atom. The minimum atomic E-state index is -2.57. The predicted octanol–water partition coefficient (Wildman–Crippen LogP) is 7.31. The Kier molecular flexibility index (Phi) is 9.52. The van der Waals surface area contributed by atoms with E-state index in [9.17, 15) is 0 Å². The van der Waals surface area contributed by atoms with Gasteiger partial charge in [0, 0.05) is 6.61 Å². The van der Waals surface area contributed by atoms with E-state index in [0.29, 0.717) is 0 Å². The first-order valence-electron chi connectivity index (χ1n) is 12.4. The molecular formula is C29H46O2Si2. The van der Waals surface area contributed by atoms with Crippen molar-refractivity contribution in [1.29, 1.82) is 0 Å². The Labute approximate surface area is 205 Å². The zero-order valence-electron chi connectivity index (χ0n) is 22.4. The summed E-state index contributed by atoms with van der Waals surface area (Å²) in [5.41, 5.74) is 0. The van der Waals surface area contributed by atoms with Gasteiger partial charge in [0.15, 0.2) is 8.32 Å². The van der Waals surface area contributed by atoms with Gasteiger partial charge < -0.3 is 8.85 Å². The van der Waals surface area contributed by atoms with Gasteiger partial charge in [0.1, 0.15) is 0 Å². The summed E-state index contributed by atoms with van der Waals surface area (Å²) in [6, 6.07) is 21.9. The molecule has 2 aromatic rings. The quantitative estimate of drug-likeness (QED) is 0.261. The summed E-state index contributed by atoms with van der Waals surface area (Å²) < 4.78 is 14.0. The molecule has 1 atom stereocenters. The van der Waals surface area contributed by atoms with Crippen LogP contribution in [0.4, 0.5) is 0 Å². The lowest BCUT2D eigenvalue weighted by atomic mass is 10.2. The SMILES string of the molecule is C/C=C\C[C@@H](CCO[Si](C)(C)C(C)(C)C)O[Si](c1ccccc1)(c1ccccc1)C(C)(C)C. The van der Waals surface area contributed by atoms with E-state index < -0.39 is 16.6 Å². The van der Waals surface area contributed by atoms with Crippen molar-refractivity contribution in [3.63, 3.8) is 0 Å². The normalized spacial score (nSPS) is 14.6. The Hall–Kier alpha value is -1.47. The topological polar surface area (TPSA) is 18.5 Å². The Morgan fingerprint density at radius 1 is 0.788 bits per heavy atom. The van der Waals surface area contributed by atoms with Gasteiger partial charge in [-0.05, 0) is 53.3 Å². The van der Waals surface area contributed by atoms with E-state index >= 15 is 0 Å². The maximum atomic E-state index is 7.40. The molecule has 0 radical (unpaired) electrons. The van der Waals surface area contributed by atoms with Gasteiger partial charge in [0.05, 0.1) is 6.10 Å². The summed E-state index contributed by atoms with van der Waals surface area (Å²) in [4.78, 5) is 0. The molecule has 2 rings (SSSR count). The summed E-state index contributed by atoms with van der Waals surface area (Å²) >= 11 is 0. The van der Waals surface area contributed by atoms with Crippen molar-refractivity contribution >= 4 is 27.0 Å². The molecule has 0 fully saturated rings. The minimum absolute atomic E-state index is 0.0236. The van der Waals surface area contributed by atoms with Crippen molar-refractivity contribution < 1.29 is 8.85 Å². The van der Waals surface area contributed by atoms with Crippen molar-refractivity contribution in [2.75, 3.05) is 6.61 Å². The zero-order valence-corrected chi connectivity index (χ0v) is 24.4. The van der Waals surface area contributed by atoms with E-state index in [1.807, 2.05) is 0 Å². The van der Waals surface area contributed by atoms with E-state index in [1.54, 1.807) is 0 Å². The molecule has 0 aliphatic rings. The molecule has 0 heterocycles. The fourth-order valence-electron chi connectivity index (χ4n) is 4.12. The van der Waals surface area contributed by atoms with Crippen LogP contribution in [0.25, 0.3) is 0 Å². The molecule has 0 saturated carbocycles. The number of benzene rings is 2. The van der Waals surface area contributed by atoms with E-state index in [4.69, 9.17) is 8.85 Å². The van der Waals surface area contributed by atoms with Crippen LogP contribution in [0.3, 0.4) is 0 Å². The lowest BCUT2D eigenvalue weighted by Crippen LogP contribution is -2.67. The van der Waals surface area contributed by atoms with Gasteiger partial charge in [0.2, 0.25) is 0 Å². The van der Waals surface area contributed by atoms with Crippen LogP contribution in [0, 0.1) is 0 Å². The zero-order chi connectivity index (χ0) is 24.8. The van der Waals surface area contributed by atoms with Gasteiger partial charge in [0.25, 0.3) is 8.32 Å². The fourth-order valence-corrected chi connectivity index (χ4v) is 9.91. The second-order valence-electron chi connectivity index (χ2n) is 11.6. The molecule has 0 unspecified atom stereocenters. The minimum Gasteiger partial charge on any atom is -0.417 e. The molecular weight excluding hydrogens is 436 g/mol. The monoisotopic (exact) mass is 482 g/mol. The third-order valence-electron chi connectivity index (χ3n) is 7.10. The molecule has 182 valence electrons. The smallest absolute Gasteiger partial charge is 0.261 e. The summed E-state index contributed by atoms with van der Waals surface area (Å²) in [5.74, 6) is 0. The largest absolute Gasteiger partial charge is 0.417 e. The highest BCUT2D eigenvalue weighted by Gasteiger charge is 2.51. The van der Waals surface area contributed by atoms with Gasteiger partial charge in [-0.15, -0.1) is 0 Å². The predicted molar refractivity (Wildman–Crippen MR) is 150 cm³/mol. The second-order valence-corrected chi connectivity index (χ2v) is 20.7. The lowest BCUT2D eigenvalue weighted by molar-refractivity contribution is 0.148. The van der Waals surface area contributed by atoms with Gasteiger partial charge in [-0.25, -0.2) is 0 Å². The van der Waals surface area contributed by atoms with Crippen molar-refractivity contribution in [2.24, 2.45) is 0 Å². The van der Waals surface area contributed by atoms with E-state index in [-0.39, 0.29) is 16.2 Å². The maximum absolute atomic E-state index is 7.40. The highest BCUT2D eigenvalue weighted by molar-refractivity contribution is 6.99. The second kappa shape index (κ2) is 11.3. The molecule has 0 amide bonds. The van der Waals surface area contributed by atoms with Gasteiger partial charge >= 0.3 is 0 Å². The highest BCUT2D eigenvalue weighted by atomic mass is 28.4. The summed E-state index contributed by atoms with van der Waals surface area (Å²) in [6.45, 7) is 21.4. The molecule has 0 aromatic heterocycles. The van der Waals surface area contributed by atoms with Gasteiger partial charge in [-0.3, -0.25) is 0 Å². The van der Waals surface area contributed by atoms with Crippen LogP contribution in [0.1, 0.15) is 61.3 Å². The average molecular weight is 483 g/mol. The highest BCUT2D eigenvalue weighted by Crippen LogP contribution is 2.39. The van der Waals surface area contributed by atoms with Crippen LogP contribution >= 0.6 is 0 Å². The van der Waals surface area contributed by atoms with Crippen LogP contribution in [-0.2, 0) is 8.85 Å². The van der Waals surface area contributed by atoms with E-state index in [0.717, 1.165) is 19.4 Å². The summed E-state index contributed by atoms with van der Waals surface area (Å²) in [5, 5.41) is 2.86. The van der Waals surface area contributed by atoms with Crippen molar-refractivity contribution in [1.82, 2.24) is 0 Å². The first-order valence-corrected chi connectivity index (χ1v) is 17.2. The van der Waals surface area contributed by atoms with Crippen LogP contribution < -0.4 is 10.4 Å². The van der Waals surface area contributed by atoms with Crippen molar-refractivity contribution in [3.8, 4) is 0 Å². The van der Waals surface area contributed by atoms with Crippen LogP contribution in [0.15, 0.2) is 72.8 Å². The lowest BCUT2D eigenvalue weighted by Gasteiger charge is -2.45. The molecule has 0 aliphatic carbocycles. The summed E-state index contributed by atoms with van der Waals surface area (Å²) in [6.07, 6.45) is 6.30. The average Bonchev–Trinajstić information content (AvgIpc) is 2.74. The fraction of sp³-hybridized carbons (Fsp3) is 0.517. The van der Waals surface area contributed by atoms with Crippen LogP contribution in [0.2, 0.25) is 23.2 Å². The molecule has 0 saturated heterocycles. The third-order valence-corrected chi connectivity index (χ3v) is 16.7. The van der Waals surface area contributed by atoms with E-state index in [1.165, 1.54) is 10.4 Å². The molecule has 0 N–H and O–H groups in total. The molecule has 33 heavy (non-hydrogen) atoms. The number of allylic oxidation sites excluding steroid dienone is 1. The Morgan fingerprint density at radius 2 is 1.27 bits per heavy atom. The van der Waals surface area contributed by atoms with E-state index in [2.05, 4.69) is 134 Å². The van der Waals surface area contributed by atoms with Gasteiger partial charge in [-0.1, -0.05) is 114 Å². The van der Waals surface area contributed by atoms with Crippen molar-refractivity contribution in [3.05, 3.63) is 72.8 Å². The maximum Gasteiger partial charge on any atom is 0.261 e. The summed E-state index contributed by atoms with van der Waals surface area (Å²) in [7, 11) is -4.36.